The molecule has 29 heavy (non-hydrogen) atoms. The van der Waals surface area contributed by atoms with Gasteiger partial charge in [-0.2, -0.15) is 0 Å². The minimum absolute atomic E-state index is 0. The topological polar surface area (TPSA) is 20.2 Å². The molecular formula is C26H56ClNO. The Morgan fingerprint density at radius 3 is 0.966 bits per heavy atom. The Labute approximate surface area is 191 Å². The highest BCUT2D eigenvalue weighted by molar-refractivity contribution is 4.54. The van der Waals surface area contributed by atoms with Gasteiger partial charge in [0.1, 0.15) is 0 Å². The first-order chi connectivity index (χ1) is 13.6. The summed E-state index contributed by atoms with van der Waals surface area (Å²) in [6, 6.07) is 0. The monoisotopic (exact) mass is 433 g/mol. The van der Waals surface area contributed by atoms with Crippen molar-refractivity contribution in [3.63, 3.8) is 0 Å². The average Bonchev–Trinajstić information content (AvgIpc) is 2.69. The number of hydrogen-bond acceptors (Lipinski definition) is 1. The zero-order valence-electron chi connectivity index (χ0n) is 20.7. The molecule has 1 unspecified atom stereocenters. The van der Waals surface area contributed by atoms with Gasteiger partial charge >= 0.3 is 0 Å². The minimum atomic E-state index is -0.207. The lowest BCUT2D eigenvalue weighted by Crippen LogP contribution is -3.00. The van der Waals surface area contributed by atoms with Crippen LogP contribution in [0, 0.1) is 0 Å². The number of hydrogen-bond donors (Lipinski definition) is 1. The molecule has 0 aromatic carbocycles. The summed E-state index contributed by atoms with van der Waals surface area (Å²) >= 11 is 0. The van der Waals surface area contributed by atoms with E-state index in [4.69, 9.17) is 0 Å². The van der Waals surface area contributed by atoms with Crippen molar-refractivity contribution in [3.05, 3.63) is 0 Å². The number of nitrogens with zero attached hydrogens (tertiary/aromatic N) is 1. The summed E-state index contributed by atoms with van der Waals surface area (Å²) in [5.41, 5.74) is 0. The first kappa shape index (κ1) is 31.4. The zero-order chi connectivity index (χ0) is 20.9. The zero-order valence-corrected chi connectivity index (χ0v) is 21.5. The molecule has 0 radical (unpaired) electrons. The molecule has 0 fully saturated rings. The number of aliphatic hydroxyl groups excluding tert-OH is 1. The van der Waals surface area contributed by atoms with Crippen molar-refractivity contribution in [3.8, 4) is 0 Å². The number of halogens is 1. The van der Waals surface area contributed by atoms with Crippen LogP contribution in [0.15, 0.2) is 0 Å². The standard InChI is InChI=1S/C26H56NO.ClH/c1-5-8-11-14-17-20-23-27(26(4)28,24-21-18-15-12-9-6-2)25-22-19-16-13-10-7-3;/h26,28H,5-25H2,1-4H3;1H/q+1;/p-1. The Balaban J connectivity index is 0. The van der Waals surface area contributed by atoms with E-state index in [1.807, 2.05) is 0 Å². The van der Waals surface area contributed by atoms with E-state index in [0.29, 0.717) is 0 Å². The number of aliphatic hydroxyl groups is 1. The van der Waals surface area contributed by atoms with Crippen LogP contribution in [0.4, 0.5) is 0 Å². The molecule has 1 N–H and O–H groups in total. The minimum Gasteiger partial charge on any atom is -1.00 e. The van der Waals surface area contributed by atoms with Crippen molar-refractivity contribution in [1.29, 1.82) is 0 Å². The van der Waals surface area contributed by atoms with Crippen LogP contribution in [0.5, 0.6) is 0 Å². The summed E-state index contributed by atoms with van der Waals surface area (Å²) in [5.74, 6) is 0. The quantitative estimate of drug-likeness (QED) is 0.141. The van der Waals surface area contributed by atoms with Crippen LogP contribution in [0.25, 0.3) is 0 Å². The normalized spacial score (nSPS) is 12.7. The summed E-state index contributed by atoms with van der Waals surface area (Å²) in [7, 11) is 0. The lowest BCUT2D eigenvalue weighted by atomic mass is 10.1. The Hall–Kier alpha value is 0.210. The summed E-state index contributed by atoms with van der Waals surface area (Å²) in [4.78, 5) is 0. The van der Waals surface area contributed by atoms with Crippen molar-refractivity contribution < 1.29 is 22.0 Å². The molecule has 0 rings (SSSR count). The van der Waals surface area contributed by atoms with E-state index in [9.17, 15) is 5.11 Å². The van der Waals surface area contributed by atoms with Gasteiger partial charge in [-0.1, -0.05) is 97.8 Å². The maximum atomic E-state index is 10.8. The smallest absolute Gasteiger partial charge is 0.187 e. The maximum absolute atomic E-state index is 10.8. The molecule has 0 aromatic rings. The summed E-state index contributed by atoms with van der Waals surface area (Å²) in [5, 5.41) is 10.8. The highest BCUT2D eigenvalue weighted by Crippen LogP contribution is 2.21. The third-order valence-corrected chi connectivity index (χ3v) is 6.66. The highest BCUT2D eigenvalue weighted by Gasteiger charge is 2.31. The fourth-order valence-corrected chi connectivity index (χ4v) is 4.52. The molecular weight excluding hydrogens is 378 g/mol. The Morgan fingerprint density at radius 1 is 0.483 bits per heavy atom. The van der Waals surface area contributed by atoms with Gasteiger partial charge in [-0.05, 0) is 38.5 Å². The largest absolute Gasteiger partial charge is 1.00 e. The van der Waals surface area contributed by atoms with Crippen LogP contribution in [0.3, 0.4) is 0 Å². The van der Waals surface area contributed by atoms with Gasteiger partial charge in [0.05, 0.1) is 19.6 Å². The van der Waals surface area contributed by atoms with E-state index in [-0.39, 0.29) is 18.6 Å². The molecule has 0 saturated heterocycles. The molecule has 0 aliphatic rings. The first-order valence-electron chi connectivity index (χ1n) is 13.2. The lowest BCUT2D eigenvalue weighted by Gasteiger charge is -2.41. The first-order valence-corrected chi connectivity index (χ1v) is 13.2. The molecule has 0 aliphatic carbocycles. The molecule has 3 heteroatoms. The van der Waals surface area contributed by atoms with Gasteiger partial charge in [0, 0.05) is 6.92 Å². The van der Waals surface area contributed by atoms with Crippen LogP contribution < -0.4 is 12.4 Å². The summed E-state index contributed by atoms with van der Waals surface area (Å²) in [6.45, 7) is 12.5. The second-order valence-electron chi connectivity index (χ2n) is 9.32. The summed E-state index contributed by atoms with van der Waals surface area (Å²) < 4.78 is 0.968. The fourth-order valence-electron chi connectivity index (χ4n) is 4.52. The van der Waals surface area contributed by atoms with Crippen LogP contribution in [0.2, 0.25) is 0 Å². The Kier molecular flexibility index (Phi) is 24.8. The molecule has 0 saturated carbocycles. The van der Waals surface area contributed by atoms with Crippen molar-refractivity contribution in [2.75, 3.05) is 19.6 Å². The third kappa shape index (κ3) is 17.6. The summed E-state index contributed by atoms with van der Waals surface area (Å²) in [6.07, 6.45) is 24.1. The van der Waals surface area contributed by atoms with Crippen LogP contribution >= 0.6 is 0 Å². The van der Waals surface area contributed by atoms with E-state index in [1.165, 1.54) is 135 Å². The van der Waals surface area contributed by atoms with Gasteiger partial charge in [0.15, 0.2) is 6.23 Å². The van der Waals surface area contributed by atoms with Crippen LogP contribution in [-0.2, 0) is 0 Å². The predicted octanol–water partition coefficient (Wildman–Crippen LogP) is 5.23. The fraction of sp³-hybridized carbons (Fsp3) is 1.00. The maximum Gasteiger partial charge on any atom is 0.187 e. The van der Waals surface area contributed by atoms with E-state index in [2.05, 4.69) is 27.7 Å². The highest BCUT2D eigenvalue weighted by atomic mass is 35.5. The van der Waals surface area contributed by atoms with Gasteiger partial charge in [-0.25, -0.2) is 0 Å². The molecule has 2 nitrogen and oxygen atoms in total. The SMILES string of the molecule is CCCCCCCC[N+](CCCCCCCC)(CCCCCCCC)C(C)O.[Cl-]. The van der Waals surface area contributed by atoms with Crippen molar-refractivity contribution in [2.24, 2.45) is 0 Å². The molecule has 0 aliphatic heterocycles. The molecule has 0 bridgehead atoms. The molecule has 0 spiro atoms. The number of quaternary nitrogens is 1. The Morgan fingerprint density at radius 2 is 0.724 bits per heavy atom. The van der Waals surface area contributed by atoms with E-state index < -0.39 is 0 Å². The molecule has 1 atom stereocenters. The van der Waals surface area contributed by atoms with Crippen LogP contribution in [-0.4, -0.2) is 35.5 Å². The van der Waals surface area contributed by atoms with Gasteiger partial charge in [-0.3, -0.25) is 4.48 Å². The Bertz CT molecular complexity index is 268. The van der Waals surface area contributed by atoms with Gasteiger partial charge in [0.2, 0.25) is 0 Å². The number of rotatable bonds is 22. The number of unbranched alkanes of at least 4 members (excludes halogenated alkanes) is 15. The molecule has 178 valence electrons. The van der Waals surface area contributed by atoms with Gasteiger partial charge in [-0.15, -0.1) is 0 Å². The van der Waals surface area contributed by atoms with Gasteiger partial charge in [0.25, 0.3) is 0 Å². The molecule has 0 heterocycles. The van der Waals surface area contributed by atoms with Gasteiger partial charge < -0.3 is 17.5 Å². The van der Waals surface area contributed by atoms with Crippen LogP contribution in [0.1, 0.15) is 143 Å². The third-order valence-electron chi connectivity index (χ3n) is 6.66. The van der Waals surface area contributed by atoms with Crippen molar-refractivity contribution in [2.45, 2.75) is 149 Å². The second-order valence-corrected chi connectivity index (χ2v) is 9.32. The van der Waals surface area contributed by atoms with E-state index in [1.54, 1.807) is 0 Å². The molecule has 0 amide bonds. The average molecular weight is 434 g/mol. The predicted molar refractivity (Wildman–Crippen MR) is 127 cm³/mol. The second kappa shape index (κ2) is 22.9. The van der Waals surface area contributed by atoms with Crippen molar-refractivity contribution >= 4 is 0 Å². The lowest BCUT2D eigenvalue weighted by molar-refractivity contribution is -0.969. The van der Waals surface area contributed by atoms with Crippen molar-refractivity contribution in [1.82, 2.24) is 0 Å². The van der Waals surface area contributed by atoms with E-state index >= 15 is 0 Å². The molecule has 0 aromatic heterocycles. The van der Waals surface area contributed by atoms with E-state index in [0.717, 1.165) is 4.48 Å².